The van der Waals surface area contributed by atoms with Gasteiger partial charge in [0.05, 0.1) is 0 Å². The van der Waals surface area contributed by atoms with Crippen molar-refractivity contribution >= 4 is 5.71 Å². The Bertz CT molecular complexity index is 469. The zero-order valence-electron chi connectivity index (χ0n) is 13.7. The first-order valence-corrected chi connectivity index (χ1v) is 8.48. The molecule has 0 amide bonds. The van der Waals surface area contributed by atoms with E-state index in [1.807, 2.05) is 19.1 Å². The van der Waals surface area contributed by atoms with E-state index in [9.17, 15) is 4.39 Å². The number of nitrogens with one attached hydrogen (secondary N) is 1. The first-order valence-electron chi connectivity index (χ1n) is 8.48. The van der Waals surface area contributed by atoms with Crippen molar-refractivity contribution in [3.63, 3.8) is 0 Å². The van der Waals surface area contributed by atoms with Gasteiger partial charge in [0.15, 0.2) is 0 Å². The fourth-order valence-electron chi connectivity index (χ4n) is 3.35. The molecule has 2 unspecified atom stereocenters. The molecule has 0 spiro atoms. The van der Waals surface area contributed by atoms with Gasteiger partial charge in [-0.2, -0.15) is 0 Å². The number of rotatable bonds is 7. The molecule has 1 N–H and O–H groups in total. The fourth-order valence-corrected chi connectivity index (χ4v) is 3.35. The molecule has 1 radical (unpaired) electrons. The standard InChI is InChI=1S/C19H28FN2/c1-3-18(21)14-15(2)19-6-4-5-12-22(19)13-11-16-7-9-17(20)10-8-16/h7-10,15,19,21H,2-6,11-14H2,1H3. The Morgan fingerprint density at radius 2 is 2.09 bits per heavy atom. The normalized spacial score (nSPS) is 20.8. The van der Waals surface area contributed by atoms with Gasteiger partial charge in [0, 0.05) is 18.3 Å². The summed E-state index contributed by atoms with van der Waals surface area (Å²) in [6.45, 7) is 8.50. The van der Waals surface area contributed by atoms with Crippen molar-refractivity contribution in [1.29, 1.82) is 5.41 Å². The first-order chi connectivity index (χ1) is 10.6. The maximum atomic E-state index is 13.0. The van der Waals surface area contributed by atoms with Crippen LogP contribution in [0.2, 0.25) is 0 Å². The van der Waals surface area contributed by atoms with Crippen LogP contribution < -0.4 is 0 Å². The molecule has 0 aromatic heterocycles. The minimum absolute atomic E-state index is 0.171. The van der Waals surface area contributed by atoms with Gasteiger partial charge in [-0.15, -0.1) is 0 Å². The molecule has 0 bridgehead atoms. The maximum Gasteiger partial charge on any atom is 0.123 e. The number of halogens is 1. The third kappa shape index (κ3) is 4.91. The van der Waals surface area contributed by atoms with Crippen molar-refractivity contribution in [1.82, 2.24) is 4.90 Å². The number of hydrogen-bond donors (Lipinski definition) is 1. The van der Waals surface area contributed by atoms with E-state index in [1.54, 1.807) is 0 Å². The Morgan fingerprint density at radius 3 is 2.77 bits per heavy atom. The molecule has 1 heterocycles. The second-order valence-corrected chi connectivity index (χ2v) is 6.40. The number of nitrogens with zero attached hydrogens (tertiary/aromatic N) is 1. The second-order valence-electron chi connectivity index (χ2n) is 6.40. The van der Waals surface area contributed by atoms with Gasteiger partial charge >= 0.3 is 0 Å². The second kappa shape index (κ2) is 8.42. The lowest BCUT2D eigenvalue weighted by molar-refractivity contribution is 0.118. The van der Waals surface area contributed by atoms with Crippen LogP contribution in [0.25, 0.3) is 0 Å². The molecule has 1 aromatic rings. The van der Waals surface area contributed by atoms with Gasteiger partial charge in [-0.05, 0) is 69.2 Å². The first kappa shape index (κ1) is 17.1. The molecule has 0 saturated carbocycles. The average Bonchev–Trinajstić information content (AvgIpc) is 2.54. The van der Waals surface area contributed by atoms with Crippen molar-refractivity contribution in [3.8, 4) is 0 Å². The minimum Gasteiger partial charge on any atom is -0.310 e. The van der Waals surface area contributed by atoms with E-state index in [0.717, 1.165) is 38.1 Å². The summed E-state index contributed by atoms with van der Waals surface area (Å²) in [5.41, 5.74) is 2.00. The van der Waals surface area contributed by atoms with Crippen molar-refractivity contribution in [2.24, 2.45) is 5.92 Å². The topological polar surface area (TPSA) is 27.1 Å². The van der Waals surface area contributed by atoms with Gasteiger partial charge < -0.3 is 5.41 Å². The summed E-state index contributed by atoms with van der Waals surface area (Å²) in [6.07, 6.45) is 6.30. The molecule has 1 saturated heterocycles. The van der Waals surface area contributed by atoms with E-state index < -0.39 is 0 Å². The molecule has 3 heteroatoms. The quantitative estimate of drug-likeness (QED) is 0.738. The number of hydrogen-bond acceptors (Lipinski definition) is 2. The molecule has 1 aliphatic heterocycles. The van der Waals surface area contributed by atoms with Crippen LogP contribution >= 0.6 is 0 Å². The predicted molar refractivity (Wildman–Crippen MR) is 90.8 cm³/mol. The highest BCUT2D eigenvalue weighted by atomic mass is 19.1. The summed E-state index contributed by atoms with van der Waals surface area (Å²) in [4.78, 5) is 2.54. The van der Waals surface area contributed by atoms with Crippen LogP contribution in [-0.4, -0.2) is 29.7 Å². The summed E-state index contributed by atoms with van der Waals surface area (Å²) in [5.74, 6) is 0.136. The lowest BCUT2D eigenvalue weighted by Crippen LogP contribution is -2.44. The lowest BCUT2D eigenvalue weighted by atomic mass is 9.87. The Morgan fingerprint density at radius 1 is 1.36 bits per heavy atom. The van der Waals surface area contributed by atoms with E-state index in [2.05, 4.69) is 11.8 Å². The van der Waals surface area contributed by atoms with E-state index in [1.165, 1.54) is 37.0 Å². The average molecular weight is 303 g/mol. The molecule has 121 valence electrons. The molecule has 1 aliphatic rings. The zero-order chi connectivity index (χ0) is 15.9. The van der Waals surface area contributed by atoms with Crippen LogP contribution in [0.15, 0.2) is 24.3 Å². The van der Waals surface area contributed by atoms with E-state index in [-0.39, 0.29) is 5.82 Å². The summed E-state index contributed by atoms with van der Waals surface area (Å²) in [6, 6.07) is 7.32. The van der Waals surface area contributed by atoms with Crippen molar-refractivity contribution in [3.05, 3.63) is 42.6 Å². The molecular formula is C19H28FN2. The van der Waals surface area contributed by atoms with Crippen LogP contribution in [-0.2, 0) is 6.42 Å². The number of benzene rings is 1. The number of likely N-dealkylation sites (tertiary alicyclic amines) is 1. The Balaban J connectivity index is 1.91. The summed E-state index contributed by atoms with van der Waals surface area (Å²) in [5, 5.41) is 7.91. The molecule has 2 atom stereocenters. The van der Waals surface area contributed by atoms with Gasteiger partial charge in [0.2, 0.25) is 0 Å². The minimum atomic E-state index is -0.171. The summed E-state index contributed by atoms with van der Waals surface area (Å²) < 4.78 is 13.0. The lowest BCUT2D eigenvalue weighted by Gasteiger charge is -2.39. The van der Waals surface area contributed by atoms with Gasteiger partial charge in [0.1, 0.15) is 5.82 Å². The monoisotopic (exact) mass is 303 g/mol. The molecule has 22 heavy (non-hydrogen) atoms. The van der Waals surface area contributed by atoms with Crippen molar-refractivity contribution < 1.29 is 4.39 Å². The maximum absolute atomic E-state index is 13.0. The largest absolute Gasteiger partial charge is 0.310 e. The Hall–Kier alpha value is -1.22. The van der Waals surface area contributed by atoms with Crippen LogP contribution in [0.5, 0.6) is 0 Å². The predicted octanol–water partition coefficient (Wildman–Crippen LogP) is 4.49. The molecule has 2 rings (SSSR count). The Labute approximate surface area is 134 Å². The summed E-state index contributed by atoms with van der Waals surface area (Å²) >= 11 is 0. The molecule has 2 nitrogen and oxygen atoms in total. The van der Waals surface area contributed by atoms with E-state index in [0.29, 0.717) is 12.0 Å². The number of piperidine rings is 1. The highest BCUT2D eigenvalue weighted by Gasteiger charge is 2.27. The Kier molecular flexibility index (Phi) is 6.56. The van der Waals surface area contributed by atoms with Crippen LogP contribution in [0.1, 0.15) is 44.6 Å². The molecule has 0 aliphatic carbocycles. The third-order valence-corrected chi connectivity index (χ3v) is 4.74. The smallest absolute Gasteiger partial charge is 0.123 e. The highest BCUT2D eigenvalue weighted by Crippen LogP contribution is 2.26. The third-order valence-electron chi connectivity index (χ3n) is 4.74. The summed E-state index contributed by atoms with van der Waals surface area (Å²) in [7, 11) is 0. The van der Waals surface area contributed by atoms with Crippen molar-refractivity contribution in [2.75, 3.05) is 13.1 Å². The van der Waals surface area contributed by atoms with Crippen molar-refractivity contribution in [2.45, 2.75) is 51.5 Å². The van der Waals surface area contributed by atoms with Gasteiger partial charge in [-0.3, -0.25) is 4.90 Å². The fraction of sp³-hybridized carbons (Fsp3) is 0.579. The SMILES string of the molecule is [CH2]C(CC(=N)CC)C1CCCCN1CCc1ccc(F)cc1. The van der Waals surface area contributed by atoms with E-state index >= 15 is 0 Å². The van der Waals surface area contributed by atoms with Crippen LogP contribution in [0, 0.1) is 24.1 Å². The van der Waals surface area contributed by atoms with Gasteiger partial charge in [-0.25, -0.2) is 4.39 Å². The van der Waals surface area contributed by atoms with E-state index in [4.69, 9.17) is 5.41 Å². The van der Waals surface area contributed by atoms with Crippen LogP contribution in [0.3, 0.4) is 0 Å². The van der Waals surface area contributed by atoms with Gasteiger partial charge in [-0.1, -0.05) is 25.5 Å². The van der Waals surface area contributed by atoms with Crippen LogP contribution in [0.4, 0.5) is 4.39 Å². The highest BCUT2D eigenvalue weighted by molar-refractivity contribution is 5.81. The molecular weight excluding hydrogens is 275 g/mol. The molecule has 1 aromatic carbocycles. The zero-order valence-corrected chi connectivity index (χ0v) is 13.7. The molecule has 1 fully saturated rings. The van der Waals surface area contributed by atoms with Gasteiger partial charge in [0.25, 0.3) is 0 Å².